The molecule has 0 fully saturated rings. The fourth-order valence-electron chi connectivity index (χ4n) is 2.53. The minimum atomic E-state index is -3.03. The van der Waals surface area contributed by atoms with E-state index in [9.17, 15) is 4.57 Å². The van der Waals surface area contributed by atoms with Crippen LogP contribution in [0, 0.1) is 0 Å². The first kappa shape index (κ1) is 20.0. The van der Waals surface area contributed by atoms with Gasteiger partial charge in [0.25, 0.3) is 0 Å². The maximum absolute atomic E-state index is 13.7. The van der Waals surface area contributed by atoms with Crippen LogP contribution in [0.5, 0.6) is 0 Å². The molecule has 0 heterocycles. The van der Waals surface area contributed by atoms with E-state index in [1.807, 2.05) is 79.2 Å². The second kappa shape index (κ2) is 9.40. The van der Waals surface area contributed by atoms with Crippen molar-refractivity contribution < 1.29 is 4.57 Å². The molecule has 2 rings (SSSR count). The number of nitrogens with zero attached hydrogens (tertiary/aromatic N) is 1. The molecular formula is C20H22Cl2NOP. The van der Waals surface area contributed by atoms with E-state index < -0.39 is 7.29 Å². The molecule has 2 nitrogen and oxygen atoms in total. The monoisotopic (exact) mass is 393 g/mol. The zero-order chi connectivity index (χ0) is 18.3. The maximum atomic E-state index is 13.7. The summed E-state index contributed by atoms with van der Waals surface area (Å²) in [6.07, 6.45) is 0. The lowest BCUT2D eigenvalue weighted by Gasteiger charge is -2.25. The Morgan fingerprint density at radius 2 is 1.20 bits per heavy atom. The highest BCUT2D eigenvalue weighted by Gasteiger charge is 2.25. The molecule has 5 heteroatoms. The van der Waals surface area contributed by atoms with Gasteiger partial charge in [0.2, 0.25) is 0 Å². The van der Waals surface area contributed by atoms with Gasteiger partial charge in [-0.1, -0.05) is 97.7 Å². The molecule has 25 heavy (non-hydrogen) atoms. The van der Waals surface area contributed by atoms with Crippen molar-refractivity contribution in [1.29, 1.82) is 0 Å². The van der Waals surface area contributed by atoms with Crippen LogP contribution in [0.15, 0.2) is 72.3 Å². The first-order valence-electron chi connectivity index (χ1n) is 8.22. The second-order valence-corrected chi connectivity index (χ2v) is 8.74. The fraction of sp³-hybridized carbons (Fsp3) is 0.200. The van der Waals surface area contributed by atoms with Crippen molar-refractivity contribution in [2.75, 3.05) is 13.1 Å². The Labute approximate surface area is 160 Å². The van der Waals surface area contributed by atoms with E-state index in [0.717, 1.165) is 11.1 Å². The van der Waals surface area contributed by atoms with E-state index in [1.165, 1.54) is 0 Å². The van der Waals surface area contributed by atoms with Crippen molar-refractivity contribution >= 4 is 40.6 Å². The zero-order valence-corrected chi connectivity index (χ0v) is 16.8. The standard InChI is InChI=1S/C20H22Cl2NOP/c1-3-23(4-2)25(24,15-19(21)17-11-7-5-8-12-17)16-20(22)18-13-9-6-10-14-18/h5-16H,3-4H2,1-2H3. The lowest BCUT2D eigenvalue weighted by molar-refractivity contribution is 0.457. The molecule has 0 unspecified atom stereocenters. The Bertz CT molecular complexity index is 724. The molecule has 0 aliphatic heterocycles. The molecule has 0 radical (unpaired) electrons. The van der Waals surface area contributed by atoms with Gasteiger partial charge in [0.05, 0.1) is 10.1 Å². The minimum absolute atomic E-state index is 0.463. The summed E-state index contributed by atoms with van der Waals surface area (Å²) in [5.41, 5.74) is 1.67. The van der Waals surface area contributed by atoms with E-state index in [1.54, 1.807) is 11.6 Å². The Morgan fingerprint density at radius 1 is 0.840 bits per heavy atom. The van der Waals surface area contributed by atoms with E-state index in [2.05, 4.69) is 0 Å². The van der Waals surface area contributed by atoms with Crippen LogP contribution in [-0.2, 0) is 4.57 Å². The molecule has 0 amide bonds. The first-order chi connectivity index (χ1) is 12.0. The van der Waals surface area contributed by atoms with Crippen LogP contribution in [0.4, 0.5) is 0 Å². The van der Waals surface area contributed by atoms with Gasteiger partial charge in [0.1, 0.15) is 0 Å². The fourth-order valence-corrected chi connectivity index (χ4v) is 5.86. The summed E-state index contributed by atoms with van der Waals surface area (Å²) in [6, 6.07) is 19.0. The summed E-state index contributed by atoms with van der Waals surface area (Å²) in [4.78, 5) is 0. The molecule has 0 atom stereocenters. The summed E-state index contributed by atoms with van der Waals surface area (Å²) < 4.78 is 15.6. The third kappa shape index (κ3) is 5.33. The highest BCUT2D eigenvalue weighted by Crippen LogP contribution is 2.56. The highest BCUT2D eigenvalue weighted by atomic mass is 35.5. The van der Waals surface area contributed by atoms with Crippen molar-refractivity contribution in [3.63, 3.8) is 0 Å². The van der Waals surface area contributed by atoms with Gasteiger partial charge in [0.15, 0.2) is 7.29 Å². The molecule has 132 valence electrons. The van der Waals surface area contributed by atoms with Crippen molar-refractivity contribution in [3.05, 3.63) is 83.4 Å². The molecule has 0 N–H and O–H groups in total. The van der Waals surface area contributed by atoms with Crippen LogP contribution in [0.25, 0.3) is 10.1 Å². The van der Waals surface area contributed by atoms with Crippen LogP contribution in [0.2, 0.25) is 0 Å². The third-order valence-corrected chi connectivity index (χ3v) is 7.53. The van der Waals surface area contributed by atoms with Crippen LogP contribution < -0.4 is 0 Å². The number of rotatable bonds is 7. The largest absolute Gasteiger partial charge is 0.297 e. The van der Waals surface area contributed by atoms with Gasteiger partial charge in [-0.15, -0.1) is 0 Å². The molecule has 0 aromatic heterocycles. The number of halogens is 2. The molecule has 0 saturated carbocycles. The summed E-state index contributed by atoms with van der Waals surface area (Å²) in [6.45, 7) is 5.23. The van der Waals surface area contributed by atoms with Gasteiger partial charge in [0, 0.05) is 24.7 Å². The lowest BCUT2D eigenvalue weighted by atomic mass is 10.2. The predicted molar refractivity (Wildman–Crippen MR) is 111 cm³/mol. The average Bonchev–Trinajstić information content (AvgIpc) is 2.64. The Hall–Kier alpha value is -1.31. The zero-order valence-electron chi connectivity index (χ0n) is 14.4. The second-order valence-electron chi connectivity index (χ2n) is 5.50. The van der Waals surface area contributed by atoms with Crippen molar-refractivity contribution in [1.82, 2.24) is 4.67 Å². The normalized spacial score (nSPS) is 15.2. The summed E-state index contributed by atoms with van der Waals surface area (Å²) in [5.74, 6) is 3.28. The van der Waals surface area contributed by atoms with E-state index in [4.69, 9.17) is 23.2 Å². The molecule has 0 aliphatic rings. The molecule has 0 saturated heterocycles. The SMILES string of the molecule is CCN(CC)P(=O)(C=C(Cl)c1ccccc1)C=C(Cl)c1ccccc1. The van der Waals surface area contributed by atoms with Crippen LogP contribution in [-0.4, -0.2) is 17.8 Å². The maximum Gasteiger partial charge on any atom is 0.196 e. The molecule has 0 spiro atoms. The van der Waals surface area contributed by atoms with Crippen LogP contribution in [0.3, 0.4) is 0 Å². The Balaban J connectivity index is 2.50. The number of benzene rings is 2. The Morgan fingerprint density at radius 3 is 1.52 bits per heavy atom. The van der Waals surface area contributed by atoms with Gasteiger partial charge in [-0.05, 0) is 11.1 Å². The van der Waals surface area contributed by atoms with Crippen molar-refractivity contribution in [2.45, 2.75) is 13.8 Å². The first-order valence-corrected chi connectivity index (χ1v) is 10.8. The smallest absolute Gasteiger partial charge is 0.196 e. The summed E-state index contributed by atoms with van der Waals surface area (Å²) >= 11 is 12.9. The van der Waals surface area contributed by atoms with Gasteiger partial charge in [-0.2, -0.15) is 0 Å². The molecule has 0 aliphatic carbocycles. The van der Waals surface area contributed by atoms with Gasteiger partial charge < -0.3 is 0 Å². The molecule has 2 aromatic rings. The van der Waals surface area contributed by atoms with Crippen molar-refractivity contribution in [2.24, 2.45) is 0 Å². The lowest BCUT2D eigenvalue weighted by Crippen LogP contribution is -2.17. The Kier molecular flexibility index (Phi) is 7.53. The van der Waals surface area contributed by atoms with E-state index in [0.29, 0.717) is 23.2 Å². The minimum Gasteiger partial charge on any atom is -0.297 e. The summed E-state index contributed by atoms with van der Waals surface area (Å²) in [7, 11) is -3.03. The quantitative estimate of drug-likeness (QED) is 0.468. The van der Waals surface area contributed by atoms with Crippen LogP contribution in [0.1, 0.15) is 25.0 Å². The van der Waals surface area contributed by atoms with Gasteiger partial charge in [-0.25, -0.2) is 4.67 Å². The topological polar surface area (TPSA) is 20.3 Å². The predicted octanol–water partition coefficient (Wildman–Crippen LogP) is 7.08. The van der Waals surface area contributed by atoms with Crippen LogP contribution >= 0.6 is 30.5 Å². The van der Waals surface area contributed by atoms with E-state index >= 15 is 0 Å². The third-order valence-electron chi connectivity index (χ3n) is 3.87. The molecule has 2 aromatic carbocycles. The van der Waals surface area contributed by atoms with Gasteiger partial charge in [-0.3, -0.25) is 4.57 Å². The summed E-state index contributed by atoms with van der Waals surface area (Å²) in [5, 5.41) is 0.925. The molecule has 0 bridgehead atoms. The highest BCUT2D eigenvalue weighted by molar-refractivity contribution is 7.68. The number of hydrogen-bond donors (Lipinski definition) is 0. The average molecular weight is 394 g/mol. The van der Waals surface area contributed by atoms with Crippen molar-refractivity contribution in [3.8, 4) is 0 Å². The molecular weight excluding hydrogens is 372 g/mol. The number of hydrogen-bond acceptors (Lipinski definition) is 1. The van der Waals surface area contributed by atoms with Gasteiger partial charge >= 0.3 is 0 Å². The van der Waals surface area contributed by atoms with E-state index in [-0.39, 0.29) is 0 Å².